The molecule has 30 heavy (non-hydrogen) atoms. The monoisotopic (exact) mass is 552 g/mol. The summed E-state index contributed by atoms with van der Waals surface area (Å²) in [5.74, 6) is 3.63. The van der Waals surface area contributed by atoms with Gasteiger partial charge in [0.1, 0.15) is 6.10 Å². The van der Waals surface area contributed by atoms with Crippen LogP contribution in [0, 0.1) is 0 Å². The summed E-state index contributed by atoms with van der Waals surface area (Å²) in [6.45, 7) is 9.94. The van der Waals surface area contributed by atoms with Gasteiger partial charge in [0.25, 0.3) is 0 Å². The Morgan fingerprint density at radius 3 is 2.50 bits per heavy atom. The summed E-state index contributed by atoms with van der Waals surface area (Å²) in [4.78, 5) is 10.5. The molecule has 3 heterocycles. The van der Waals surface area contributed by atoms with E-state index in [1.165, 1.54) is 56.7 Å². The van der Waals surface area contributed by atoms with Crippen LogP contribution in [0.25, 0.3) is 0 Å². The number of ether oxygens (including phenoxy) is 2. The van der Waals surface area contributed by atoms with E-state index in [4.69, 9.17) is 14.5 Å². The summed E-state index contributed by atoms with van der Waals surface area (Å²) < 4.78 is 12.0. The molecule has 1 aliphatic carbocycles. The predicted octanol–water partition coefficient (Wildman–Crippen LogP) is 3.20. The fraction of sp³-hybridized carbons (Fsp3) is 0.955. The first-order valence-electron chi connectivity index (χ1n) is 11.9. The van der Waals surface area contributed by atoms with Crippen LogP contribution in [0.15, 0.2) is 4.99 Å². The van der Waals surface area contributed by atoms with Crippen LogP contribution >= 0.6 is 35.7 Å². The van der Waals surface area contributed by atoms with Crippen LogP contribution in [0.2, 0.25) is 0 Å². The van der Waals surface area contributed by atoms with E-state index < -0.39 is 0 Å². The molecule has 0 aromatic rings. The first-order valence-corrected chi connectivity index (χ1v) is 13.1. The van der Waals surface area contributed by atoms with Crippen molar-refractivity contribution in [1.29, 1.82) is 0 Å². The van der Waals surface area contributed by atoms with Crippen molar-refractivity contribution >= 4 is 41.7 Å². The van der Waals surface area contributed by atoms with Crippen molar-refractivity contribution in [3.8, 4) is 0 Å². The Kier molecular flexibility index (Phi) is 10.3. The van der Waals surface area contributed by atoms with Crippen molar-refractivity contribution in [3.05, 3.63) is 0 Å². The third kappa shape index (κ3) is 6.17. The van der Waals surface area contributed by atoms with Crippen molar-refractivity contribution in [3.63, 3.8) is 0 Å². The maximum absolute atomic E-state index is 6.07. The fourth-order valence-corrected chi connectivity index (χ4v) is 6.36. The van der Waals surface area contributed by atoms with Gasteiger partial charge >= 0.3 is 0 Å². The summed E-state index contributed by atoms with van der Waals surface area (Å²) in [7, 11) is 0. The molecule has 4 aliphatic rings. The molecule has 0 amide bonds. The molecule has 2 atom stereocenters. The standard InChI is InChI=1S/C22H40N4O2S.HI/c1-2-23-21(25-10-14-28-20(17-25)19-7-6-13-27-19)24-18-22(8-4-3-5-9-22)26-11-15-29-16-12-26;/h19-20H,2-18H2,1H3,(H,23,24);1H. The molecular weight excluding hydrogens is 511 g/mol. The molecule has 8 heteroatoms. The molecule has 4 rings (SSSR count). The van der Waals surface area contributed by atoms with Crippen LogP contribution in [-0.4, -0.2) is 97.5 Å². The molecule has 0 bridgehead atoms. The van der Waals surface area contributed by atoms with E-state index in [0.717, 1.165) is 58.2 Å². The van der Waals surface area contributed by atoms with E-state index in [1.807, 2.05) is 0 Å². The van der Waals surface area contributed by atoms with Gasteiger partial charge in [0.15, 0.2) is 5.96 Å². The summed E-state index contributed by atoms with van der Waals surface area (Å²) in [5.41, 5.74) is 0.278. The number of hydrogen-bond acceptors (Lipinski definition) is 5. The zero-order valence-corrected chi connectivity index (χ0v) is 21.8. The lowest BCUT2D eigenvalue weighted by molar-refractivity contribution is -0.0817. The van der Waals surface area contributed by atoms with Gasteiger partial charge in [0.05, 0.1) is 19.3 Å². The first-order chi connectivity index (χ1) is 14.3. The molecule has 3 saturated heterocycles. The van der Waals surface area contributed by atoms with E-state index in [2.05, 4.69) is 33.8 Å². The molecule has 3 aliphatic heterocycles. The number of nitrogens with zero attached hydrogens (tertiary/aromatic N) is 3. The summed E-state index contributed by atoms with van der Waals surface area (Å²) in [5, 5.41) is 3.58. The Balaban J connectivity index is 0.00000256. The first kappa shape index (κ1) is 24.9. The van der Waals surface area contributed by atoms with Crippen molar-refractivity contribution in [1.82, 2.24) is 15.1 Å². The highest BCUT2D eigenvalue weighted by Crippen LogP contribution is 2.35. The topological polar surface area (TPSA) is 49.3 Å². The van der Waals surface area contributed by atoms with Crippen molar-refractivity contribution in [2.24, 2.45) is 4.99 Å². The molecule has 0 radical (unpaired) electrons. The summed E-state index contributed by atoms with van der Waals surface area (Å²) >= 11 is 2.11. The van der Waals surface area contributed by atoms with Crippen LogP contribution in [0.3, 0.4) is 0 Å². The van der Waals surface area contributed by atoms with Gasteiger partial charge in [-0.2, -0.15) is 11.8 Å². The van der Waals surface area contributed by atoms with E-state index in [0.29, 0.717) is 0 Å². The van der Waals surface area contributed by atoms with E-state index in [1.54, 1.807) is 0 Å². The number of halogens is 1. The highest BCUT2D eigenvalue weighted by Gasteiger charge is 2.39. The summed E-state index contributed by atoms with van der Waals surface area (Å²) in [6.07, 6.45) is 9.44. The van der Waals surface area contributed by atoms with Crippen LogP contribution in [0.5, 0.6) is 0 Å². The van der Waals surface area contributed by atoms with Gasteiger partial charge in [-0.1, -0.05) is 19.3 Å². The Bertz CT molecular complexity index is 535. The molecule has 1 N–H and O–H groups in total. The second-order valence-corrected chi connectivity index (χ2v) is 10.2. The Morgan fingerprint density at radius 2 is 1.80 bits per heavy atom. The highest BCUT2D eigenvalue weighted by molar-refractivity contribution is 14.0. The minimum atomic E-state index is 0. The molecule has 0 aromatic heterocycles. The molecule has 4 fully saturated rings. The lowest BCUT2D eigenvalue weighted by atomic mass is 9.80. The zero-order valence-electron chi connectivity index (χ0n) is 18.7. The normalized spacial score (nSPS) is 30.7. The van der Waals surface area contributed by atoms with E-state index >= 15 is 0 Å². The molecule has 1 saturated carbocycles. The van der Waals surface area contributed by atoms with Crippen molar-refractivity contribution in [2.45, 2.75) is 69.6 Å². The quantitative estimate of drug-likeness (QED) is 0.321. The van der Waals surface area contributed by atoms with E-state index in [9.17, 15) is 0 Å². The average Bonchev–Trinajstić information content (AvgIpc) is 3.33. The third-order valence-corrected chi connectivity index (χ3v) is 8.04. The van der Waals surface area contributed by atoms with Gasteiger partial charge in [-0.25, -0.2) is 0 Å². The Hall–Kier alpha value is 0.230. The lowest BCUT2D eigenvalue weighted by Crippen LogP contribution is -2.57. The second-order valence-electron chi connectivity index (χ2n) is 8.96. The number of thioether (sulfide) groups is 1. The minimum absolute atomic E-state index is 0. The molecular formula is C22H41IN4O2S. The fourth-order valence-electron chi connectivity index (χ4n) is 5.46. The number of aliphatic imine (C=N–C) groups is 1. The van der Waals surface area contributed by atoms with E-state index in [-0.39, 0.29) is 41.7 Å². The molecule has 0 aromatic carbocycles. The number of morpholine rings is 1. The van der Waals surface area contributed by atoms with Crippen LogP contribution in [0.4, 0.5) is 0 Å². The van der Waals surface area contributed by atoms with Gasteiger partial charge in [0.2, 0.25) is 0 Å². The smallest absolute Gasteiger partial charge is 0.194 e. The van der Waals surface area contributed by atoms with Crippen LogP contribution < -0.4 is 5.32 Å². The van der Waals surface area contributed by atoms with Crippen LogP contribution in [-0.2, 0) is 9.47 Å². The maximum atomic E-state index is 6.07. The highest BCUT2D eigenvalue weighted by atomic mass is 127. The Labute approximate surface area is 204 Å². The van der Waals surface area contributed by atoms with Crippen molar-refractivity contribution < 1.29 is 9.47 Å². The maximum Gasteiger partial charge on any atom is 0.194 e. The molecule has 174 valence electrons. The molecule has 6 nitrogen and oxygen atoms in total. The van der Waals surface area contributed by atoms with Gasteiger partial charge in [0, 0.05) is 56.4 Å². The minimum Gasteiger partial charge on any atom is -0.375 e. The zero-order chi connectivity index (χ0) is 19.9. The summed E-state index contributed by atoms with van der Waals surface area (Å²) in [6, 6.07) is 0. The predicted molar refractivity (Wildman–Crippen MR) is 136 cm³/mol. The molecule has 0 spiro atoms. The number of nitrogens with one attached hydrogen (secondary N) is 1. The van der Waals surface area contributed by atoms with Gasteiger partial charge in [-0.3, -0.25) is 9.89 Å². The largest absolute Gasteiger partial charge is 0.375 e. The van der Waals surface area contributed by atoms with Crippen molar-refractivity contribution in [2.75, 3.05) is 64.0 Å². The number of rotatable bonds is 5. The number of hydrogen-bond donors (Lipinski definition) is 1. The SMILES string of the molecule is CCNC(=NCC1(N2CCSCC2)CCCCC1)N1CCOC(C2CCCO2)C1.I. The Morgan fingerprint density at radius 1 is 1.03 bits per heavy atom. The van der Waals surface area contributed by atoms with Crippen LogP contribution in [0.1, 0.15) is 51.9 Å². The number of guanidine groups is 1. The lowest BCUT2D eigenvalue weighted by Gasteiger charge is -2.47. The average molecular weight is 553 g/mol. The third-order valence-electron chi connectivity index (χ3n) is 7.10. The van der Waals surface area contributed by atoms with Gasteiger partial charge < -0.3 is 19.7 Å². The molecule has 2 unspecified atom stereocenters. The van der Waals surface area contributed by atoms with Gasteiger partial charge in [-0.05, 0) is 32.6 Å². The van der Waals surface area contributed by atoms with Gasteiger partial charge in [-0.15, -0.1) is 24.0 Å². The second kappa shape index (κ2) is 12.5.